The lowest BCUT2D eigenvalue weighted by atomic mass is 9.62. The molecule has 0 radical (unpaired) electrons. The van der Waals surface area contributed by atoms with Crippen molar-refractivity contribution in [1.29, 1.82) is 0 Å². The van der Waals surface area contributed by atoms with Gasteiger partial charge in [0.05, 0.1) is 30.1 Å². The van der Waals surface area contributed by atoms with Gasteiger partial charge in [0.15, 0.2) is 0 Å². The van der Waals surface area contributed by atoms with Crippen LogP contribution in [0.5, 0.6) is 0 Å². The fourth-order valence-corrected chi connectivity index (χ4v) is 5.98. The number of hydrogen-bond donors (Lipinski definition) is 0. The van der Waals surface area contributed by atoms with Crippen molar-refractivity contribution in [3.63, 3.8) is 0 Å². The molecule has 0 saturated heterocycles. The largest absolute Gasteiger partial charge is 0.468 e. The zero-order valence-electron chi connectivity index (χ0n) is 20.2. The molecule has 7 heteroatoms. The molecule has 1 aromatic heterocycles. The highest BCUT2D eigenvalue weighted by atomic mass is 19.1. The summed E-state index contributed by atoms with van der Waals surface area (Å²) in [6.45, 7) is 0. The lowest BCUT2D eigenvalue weighted by Gasteiger charge is -2.46. The molecule has 1 heterocycles. The third-order valence-electron chi connectivity index (χ3n) is 7.87. The summed E-state index contributed by atoms with van der Waals surface area (Å²) in [4.78, 5) is 29.0. The Hall–Kier alpha value is -3.74. The van der Waals surface area contributed by atoms with Crippen LogP contribution in [0.15, 0.2) is 66.4 Å². The van der Waals surface area contributed by atoms with E-state index in [2.05, 4.69) is 11.2 Å². The van der Waals surface area contributed by atoms with E-state index in [0.29, 0.717) is 24.8 Å². The monoisotopic (exact) mass is 485 g/mol. The SMILES string of the molecule is COC(=O)[C@]12Cc3cnn(-c4ccc(F)cc4)c3C=C1CC[C@H](N(C(=O)c1ccccc1)C1CC1)C2. The second kappa shape index (κ2) is 8.73. The highest BCUT2D eigenvalue weighted by Gasteiger charge is 2.52. The lowest BCUT2D eigenvalue weighted by Crippen LogP contribution is -2.51. The Morgan fingerprint density at radius 3 is 2.50 bits per heavy atom. The zero-order chi connectivity index (χ0) is 24.9. The van der Waals surface area contributed by atoms with Gasteiger partial charge in [-0.25, -0.2) is 9.07 Å². The molecule has 0 spiro atoms. The van der Waals surface area contributed by atoms with Gasteiger partial charge in [-0.2, -0.15) is 5.10 Å². The Balaban J connectivity index is 1.36. The molecular weight excluding hydrogens is 457 g/mol. The van der Waals surface area contributed by atoms with Gasteiger partial charge in [-0.15, -0.1) is 0 Å². The maximum absolute atomic E-state index is 13.6. The number of aromatic nitrogens is 2. The van der Waals surface area contributed by atoms with Crippen LogP contribution in [0.25, 0.3) is 11.8 Å². The normalized spacial score (nSPS) is 22.7. The van der Waals surface area contributed by atoms with E-state index < -0.39 is 5.41 Å². The standard InChI is InChI=1S/C29H28FN3O3/c1-36-28(35)29-16-20-18-31-33(24-11-8-22(30)9-12-24)26(20)15-21(29)7-10-25(17-29)32(23-13-14-23)27(34)19-5-3-2-4-6-19/h2-6,8-9,11-12,15,18,23,25H,7,10,13-14,16-17H2,1H3/t25-,29-/m0/s1. The van der Waals surface area contributed by atoms with E-state index in [9.17, 15) is 14.0 Å². The number of methoxy groups -OCH3 is 1. The number of halogens is 1. The first-order valence-electron chi connectivity index (χ1n) is 12.5. The molecule has 2 aromatic carbocycles. The molecule has 0 N–H and O–H groups in total. The number of fused-ring (bicyclic) bond motifs is 2. The van der Waals surface area contributed by atoms with Gasteiger partial charge in [-0.05, 0) is 86.6 Å². The van der Waals surface area contributed by atoms with E-state index in [1.807, 2.05) is 35.2 Å². The number of carbonyl (C=O) groups excluding carboxylic acids is 2. The van der Waals surface area contributed by atoms with Crippen LogP contribution in [0.4, 0.5) is 4.39 Å². The molecule has 0 aliphatic heterocycles. The smallest absolute Gasteiger partial charge is 0.316 e. The van der Waals surface area contributed by atoms with Crippen molar-refractivity contribution in [2.75, 3.05) is 7.11 Å². The summed E-state index contributed by atoms with van der Waals surface area (Å²) in [5, 5.41) is 4.57. The van der Waals surface area contributed by atoms with Crippen LogP contribution in [0.3, 0.4) is 0 Å². The zero-order valence-corrected chi connectivity index (χ0v) is 20.2. The Labute approximate surface area is 209 Å². The van der Waals surface area contributed by atoms with E-state index in [1.165, 1.54) is 19.2 Å². The fraction of sp³-hybridized carbons (Fsp3) is 0.345. The van der Waals surface area contributed by atoms with Crippen LogP contribution in [0, 0.1) is 11.2 Å². The number of hydrogen-bond acceptors (Lipinski definition) is 4. The van der Waals surface area contributed by atoms with Crippen LogP contribution in [-0.4, -0.2) is 45.8 Å². The van der Waals surface area contributed by atoms with Crippen molar-refractivity contribution in [1.82, 2.24) is 14.7 Å². The lowest BCUT2D eigenvalue weighted by molar-refractivity contribution is -0.152. The summed E-state index contributed by atoms with van der Waals surface area (Å²) in [6, 6.07) is 15.8. The summed E-state index contributed by atoms with van der Waals surface area (Å²) < 4.78 is 20.6. The molecule has 2 fully saturated rings. The maximum Gasteiger partial charge on any atom is 0.316 e. The van der Waals surface area contributed by atoms with Crippen molar-refractivity contribution in [3.8, 4) is 5.69 Å². The summed E-state index contributed by atoms with van der Waals surface area (Å²) in [6.07, 6.45) is 8.32. The maximum atomic E-state index is 13.6. The van der Waals surface area contributed by atoms with Gasteiger partial charge in [0.1, 0.15) is 5.82 Å². The van der Waals surface area contributed by atoms with Crippen LogP contribution in [0.2, 0.25) is 0 Å². The number of carbonyl (C=O) groups is 2. The third kappa shape index (κ3) is 3.74. The van der Waals surface area contributed by atoms with E-state index >= 15 is 0 Å². The molecule has 3 aromatic rings. The topological polar surface area (TPSA) is 64.4 Å². The molecule has 2 atom stereocenters. The highest BCUT2D eigenvalue weighted by Crippen LogP contribution is 2.51. The number of esters is 1. The molecule has 0 unspecified atom stereocenters. The van der Waals surface area contributed by atoms with Crippen LogP contribution in [-0.2, 0) is 16.0 Å². The van der Waals surface area contributed by atoms with Gasteiger partial charge in [0.25, 0.3) is 5.91 Å². The Morgan fingerprint density at radius 1 is 1.06 bits per heavy atom. The van der Waals surface area contributed by atoms with Crippen molar-refractivity contribution in [2.24, 2.45) is 5.41 Å². The minimum atomic E-state index is -0.828. The Bertz CT molecular complexity index is 1340. The molecule has 184 valence electrons. The van der Waals surface area contributed by atoms with E-state index in [1.54, 1.807) is 23.0 Å². The predicted octanol–water partition coefficient (Wildman–Crippen LogP) is 4.97. The molecular formula is C29H28FN3O3. The number of benzene rings is 2. The van der Waals surface area contributed by atoms with Gasteiger partial charge in [-0.1, -0.05) is 23.8 Å². The second-order valence-corrected chi connectivity index (χ2v) is 10.1. The number of amides is 1. The molecule has 1 amide bonds. The molecule has 3 aliphatic rings. The summed E-state index contributed by atoms with van der Waals surface area (Å²) in [5.74, 6) is -0.524. The van der Waals surface area contributed by atoms with E-state index in [-0.39, 0.29) is 29.8 Å². The number of rotatable bonds is 5. The average molecular weight is 486 g/mol. The van der Waals surface area contributed by atoms with Gasteiger partial charge in [0, 0.05) is 17.6 Å². The van der Waals surface area contributed by atoms with Gasteiger partial charge in [0.2, 0.25) is 0 Å². The molecule has 2 saturated carbocycles. The second-order valence-electron chi connectivity index (χ2n) is 10.1. The van der Waals surface area contributed by atoms with Gasteiger partial charge in [-0.3, -0.25) is 9.59 Å². The molecule has 3 aliphatic carbocycles. The molecule has 6 nitrogen and oxygen atoms in total. The van der Waals surface area contributed by atoms with Crippen molar-refractivity contribution in [3.05, 3.63) is 89.0 Å². The van der Waals surface area contributed by atoms with E-state index in [4.69, 9.17) is 4.74 Å². The van der Waals surface area contributed by atoms with Gasteiger partial charge < -0.3 is 9.64 Å². The van der Waals surface area contributed by atoms with Crippen LogP contribution >= 0.6 is 0 Å². The van der Waals surface area contributed by atoms with Crippen molar-refractivity contribution in [2.45, 2.75) is 50.6 Å². The van der Waals surface area contributed by atoms with Gasteiger partial charge >= 0.3 is 5.97 Å². The third-order valence-corrected chi connectivity index (χ3v) is 7.87. The van der Waals surface area contributed by atoms with Crippen LogP contribution in [0.1, 0.15) is 53.7 Å². The quantitative estimate of drug-likeness (QED) is 0.479. The molecule has 0 bridgehead atoms. The first-order chi connectivity index (χ1) is 17.5. The highest BCUT2D eigenvalue weighted by molar-refractivity contribution is 5.95. The first-order valence-corrected chi connectivity index (χ1v) is 12.5. The summed E-state index contributed by atoms with van der Waals surface area (Å²) in [7, 11) is 1.43. The number of nitrogens with zero attached hydrogens (tertiary/aromatic N) is 3. The van der Waals surface area contributed by atoms with E-state index in [0.717, 1.165) is 41.8 Å². The summed E-state index contributed by atoms with van der Waals surface area (Å²) >= 11 is 0. The first kappa shape index (κ1) is 22.7. The minimum absolute atomic E-state index is 0.0381. The number of ether oxygens (including phenoxy) is 1. The fourth-order valence-electron chi connectivity index (χ4n) is 5.98. The molecule has 6 rings (SSSR count). The predicted molar refractivity (Wildman–Crippen MR) is 133 cm³/mol. The van der Waals surface area contributed by atoms with Crippen LogP contribution < -0.4 is 0 Å². The Morgan fingerprint density at radius 2 is 1.81 bits per heavy atom. The summed E-state index contributed by atoms with van der Waals surface area (Å²) in [5.41, 5.74) is 3.50. The van der Waals surface area contributed by atoms with Crippen molar-refractivity contribution >= 4 is 18.0 Å². The Kier molecular flexibility index (Phi) is 5.51. The van der Waals surface area contributed by atoms with Crippen molar-refractivity contribution < 1.29 is 18.7 Å². The average Bonchev–Trinajstić information content (AvgIpc) is 3.66. The molecule has 36 heavy (non-hydrogen) atoms. The minimum Gasteiger partial charge on any atom is -0.468 e.